The Hall–Kier alpha value is -3.31. The van der Waals surface area contributed by atoms with Gasteiger partial charge in [-0.15, -0.1) is 0 Å². The van der Waals surface area contributed by atoms with Crippen LogP contribution in [0, 0.1) is 11.3 Å². The van der Waals surface area contributed by atoms with Crippen LogP contribution in [0.2, 0.25) is 0 Å². The maximum absolute atomic E-state index is 12.6. The average Bonchev–Trinajstić information content (AvgIpc) is 2.76. The number of hydrogen-bond donors (Lipinski definition) is 1. The van der Waals surface area contributed by atoms with Crippen molar-refractivity contribution in [1.29, 1.82) is 5.26 Å². The topological polar surface area (TPSA) is 97.7 Å². The highest BCUT2D eigenvalue weighted by atomic mass is 79.9. The largest absolute Gasteiger partial charge is 0.493 e. The van der Waals surface area contributed by atoms with Crippen LogP contribution in [0.1, 0.15) is 24.1 Å². The van der Waals surface area contributed by atoms with E-state index in [9.17, 15) is 14.9 Å². The van der Waals surface area contributed by atoms with E-state index in [0.29, 0.717) is 21.5 Å². The molecule has 30 heavy (non-hydrogen) atoms. The molecule has 2 aromatic carbocycles. The van der Waals surface area contributed by atoms with E-state index in [1.54, 1.807) is 12.1 Å². The first-order valence-electron chi connectivity index (χ1n) is 8.94. The number of esters is 1. The lowest BCUT2D eigenvalue weighted by Gasteiger charge is -2.14. The third-order valence-electron chi connectivity index (χ3n) is 4.14. The summed E-state index contributed by atoms with van der Waals surface area (Å²) in [5.41, 5.74) is 1.41. The fourth-order valence-electron chi connectivity index (χ4n) is 2.57. The lowest BCUT2D eigenvalue weighted by atomic mass is 10.1. The summed E-state index contributed by atoms with van der Waals surface area (Å²) < 4.78 is 15.8. The first-order valence-corrected chi connectivity index (χ1v) is 9.73. The molecule has 1 N–H and O–H groups in total. The minimum absolute atomic E-state index is 0.0602. The van der Waals surface area contributed by atoms with E-state index in [1.165, 1.54) is 20.3 Å². The van der Waals surface area contributed by atoms with Crippen LogP contribution in [0.25, 0.3) is 6.08 Å². The molecule has 0 fully saturated rings. The maximum atomic E-state index is 12.6. The quantitative estimate of drug-likeness (QED) is 0.356. The zero-order valence-corrected chi connectivity index (χ0v) is 18.4. The average molecular weight is 473 g/mol. The lowest BCUT2D eigenvalue weighted by Crippen LogP contribution is -2.27. The molecule has 0 radical (unpaired) electrons. The standard InChI is InChI=1S/C22H21BrN2O5/c1-14(16-7-5-4-6-8-16)25-22(27)17(12-24)9-15-10-18(23)21(19(11-15)28-2)30-13-20(26)29-3/h4-11,14H,13H2,1-3H3,(H,25,27)/b17-9+/t14-/m1/s1. The zero-order chi connectivity index (χ0) is 22.1. The third kappa shape index (κ3) is 6.09. The molecule has 1 amide bonds. The monoisotopic (exact) mass is 472 g/mol. The molecule has 0 spiro atoms. The minimum atomic E-state index is -0.538. The summed E-state index contributed by atoms with van der Waals surface area (Å²) in [4.78, 5) is 23.9. The van der Waals surface area contributed by atoms with Crippen molar-refractivity contribution in [3.05, 3.63) is 63.6 Å². The van der Waals surface area contributed by atoms with Crippen LogP contribution in [0.3, 0.4) is 0 Å². The smallest absolute Gasteiger partial charge is 0.343 e. The number of benzene rings is 2. The molecular weight excluding hydrogens is 452 g/mol. The fraction of sp³-hybridized carbons (Fsp3) is 0.227. The van der Waals surface area contributed by atoms with Crippen molar-refractivity contribution in [2.75, 3.05) is 20.8 Å². The van der Waals surface area contributed by atoms with Crippen molar-refractivity contribution in [1.82, 2.24) is 5.32 Å². The second kappa shape index (κ2) is 11.0. The fourth-order valence-corrected chi connectivity index (χ4v) is 3.14. The Morgan fingerprint density at radius 3 is 2.53 bits per heavy atom. The summed E-state index contributed by atoms with van der Waals surface area (Å²) in [5.74, 6) is -0.394. The predicted molar refractivity (Wildman–Crippen MR) is 115 cm³/mol. The van der Waals surface area contributed by atoms with Crippen LogP contribution in [0.4, 0.5) is 0 Å². The van der Waals surface area contributed by atoms with Gasteiger partial charge in [0, 0.05) is 0 Å². The van der Waals surface area contributed by atoms with Crippen molar-refractivity contribution in [3.63, 3.8) is 0 Å². The number of nitrogens with zero attached hydrogens (tertiary/aromatic N) is 1. The Morgan fingerprint density at radius 2 is 1.93 bits per heavy atom. The van der Waals surface area contributed by atoms with Crippen LogP contribution in [-0.4, -0.2) is 32.7 Å². The number of amides is 1. The van der Waals surface area contributed by atoms with E-state index in [1.807, 2.05) is 43.3 Å². The summed E-state index contributed by atoms with van der Waals surface area (Å²) in [5, 5.41) is 12.3. The molecule has 0 aliphatic carbocycles. The van der Waals surface area contributed by atoms with Crippen molar-refractivity contribution < 1.29 is 23.8 Å². The van der Waals surface area contributed by atoms with Gasteiger partial charge in [0.25, 0.3) is 5.91 Å². The third-order valence-corrected chi connectivity index (χ3v) is 4.73. The van der Waals surface area contributed by atoms with E-state index in [0.717, 1.165) is 5.56 Å². The number of hydrogen-bond acceptors (Lipinski definition) is 6. The van der Waals surface area contributed by atoms with Crippen molar-refractivity contribution in [2.24, 2.45) is 0 Å². The minimum Gasteiger partial charge on any atom is -0.493 e. The Balaban J connectivity index is 2.24. The molecule has 0 saturated heterocycles. The number of ether oxygens (including phenoxy) is 3. The highest BCUT2D eigenvalue weighted by Crippen LogP contribution is 2.37. The molecule has 0 aliphatic rings. The highest BCUT2D eigenvalue weighted by Gasteiger charge is 2.16. The number of nitrogens with one attached hydrogen (secondary N) is 1. The Kier molecular flexibility index (Phi) is 8.44. The Labute approximate surface area is 183 Å². The highest BCUT2D eigenvalue weighted by molar-refractivity contribution is 9.10. The van der Waals surface area contributed by atoms with Gasteiger partial charge < -0.3 is 19.5 Å². The van der Waals surface area contributed by atoms with Gasteiger partial charge in [-0.1, -0.05) is 30.3 Å². The predicted octanol–water partition coefficient (Wildman–Crippen LogP) is 3.79. The molecule has 0 heterocycles. The number of rotatable bonds is 8. The molecule has 0 unspecified atom stereocenters. The Morgan fingerprint density at radius 1 is 1.23 bits per heavy atom. The molecule has 0 aliphatic heterocycles. The van der Waals surface area contributed by atoms with Crippen LogP contribution in [0.5, 0.6) is 11.5 Å². The summed E-state index contributed by atoms with van der Waals surface area (Å²) in [7, 11) is 2.71. The van der Waals surface area contributed by atoms with Gasteiger partial charge in [0.1, 0.15) is 11.6 Å². The van der Waals surface area contributed by atoms with Gasteiger partial charge in [0.15, 0.2) is 18.1 Å². The van der Waals surface area contributed by atoms with Crippen molar-refractivity contribution in [2.45, 2.75) is 13.0 Å². The van der Waals surface area contributed by atoms with E-state index >= 15 is 0 Å². The van der Waals surface area contributed by atoms with Crippen LogP contribution >= 0.6 is 15.9 Å². The second-order valence-corrected chi connectivity index (χ2v) is 7.03. The maximum Gasteiger partial charge on any atom is 0.343 e. The number of carbonyl (C=O) groups is 2. The molecule has 1 atom stereocenters. The summed E-state index contributed by atoms with van der Waals surface area (Å²) in [6.45, 7) is 1.55. The number of carbonyl (C=O) groups excluding carboxylic acids is 2. The van der Waals surface area contributed by atoms with Gasteiger partial charge in [-0.3, -0.25) is 4.79 Å². The molecular formula is C22H21BrN2O5. The number of halogens is 1. The van der Waals surface area contributed by atoms with Crippen LogP contribution < -0.4 is 14.8 Å². The summed E-state index contributed by atoms with van der Waals surface area (Å²) >= 11 is 3.36. The van der Waals surface area contributed by atoms with Gasteiger partial charge in [-0.2, -0.15) is 5.26 Å². The van der Waals surface area contributed by atoms with E-state index < -0.39 is 11.9 Å². The molecule has 7 nitrogen and oxygen atoms in total. The van der Waals surface area contributed by atoms with Gasteiger partial charge in [-0.05, 0) is 52.2 Å². The Bertz CT molecular complexity index is 983. The first kappa shape index (κ1) is 23.0. The molecule has 0 bridgehead atoms. The SMILES string of the molecule is COC(=O)COc1c(Br)cc(/C=C(\C#N)C(=O)N[C@H](C)c2ccccc2)cc1OC. The number of methoxy groups -OCH3 is 2. The van der Waals surface area contributed by atoms with E-state index in [4.69, 9.17) is 9.47 Å². The first-order chi connectivity index (χ1) is 14.4. The summed E-state index contributed by atoms with van der Waals surface area (Å²) in [6, 6.07) is 14.4. The zero-order valence-electron chi connectivity index (χ0n) is 16.8. The van der Waals surface area contributed by atoms with Crippen molar-refractivity contribution >= 4 is 33.9 Å². The second-order valence-electron chi connectivity index (χ2n) is 6.17. The molecule has 2 rings (SSSR count). The molecule has 8 heteroatoms. The van der Waals surface area contributed by atoms with Gasteiger partial charge in [0.05, 0.1) is 24.7 Å². The van der Waals surface area contributed by atoms with E-state index in [2.05, 4.69) is 26.0 Å². The van der Waals surface area contributed by atoms with E-state index in [-0.39, 0.29) is 18.2 Å². The van der Waals surface area contributed by atoms with Gasteiger partial charge in [-0.25, -0.2) is 4.79 Å². The van der Waals surface area contributed by atoms with Gasteiger partial charge in [0.2, 0.25) is 0 Å². The molecule has 156 valence electrons. The van der Waals surface area contributed by atoms with Crippen LogP contribution in [-0.2, 0) is 14.3 Å². The van der Waals surface area contributed by atoms with Gasteiger partial charge >= 0.3 is 5.97 Å². The van der Waals surface area contributed by atoms with Crippen molar-refractivity contribution in [3.8, 4) is 17.6 Å². The normalized spacial score (nSPS) is 11.8. The molecule has 0 saturated carbocycles. The van der Waals surface area contributed by atoms with Crippen LogP contribution in [0.15, 0.2) is 52.5 Å². The lowest BCUT2D eigenvalue weighted by molar-refractivity contribution is -0.143. The summed E-state index contributed by atoms with van der Waals surface area (Å²) in [6.07, 6.45) is 1.45. The molecule has 2 aromatic rings. The molecule has 0 aromatic heterocycles. The number of nitriles is 1.